The van der Waals surface area contributed by atoms with Crippen molar-refractivity contribution >= 4 is 32.7 Å². The first-order chi connectivity index (χ1) is 22.0. The third-order valence-corrected chi connectivity index (χ3v) is 8.07. The van der Waals surface area contributed by atoms with E-state index in [1.807, 2.05) is 109 Å². The number of rotatable bonds is 4. The predicted molar refractivity (Wildman–Crippen MR) is 174 cm³/mol. The number of para-hydroxylation sites is 1. The highest BCUT2D eigenvalue weighted by molar-refractivity contribution is 6.21. The SMILES string of the molecule is Fc1cc(-c2ccc(-c3nc4ccccc4c4c3ccc3nc(-c5ccccc5)c(-c5ccccc5)nc34)cc2)cc(F)c1F. The minimum atomic E-state index is -1.48. The quantitative estimate of drug-likeness (QED) is 0.151. The molecule has 6 heteroatoms. The summed E-state index contributed by atoms with van der Waals surface area (Å²) < 4.78 is 41.4. The van der Waals surface area contributed by atoms with E-state index >= 15 is 0 Å². The van der Waals surface area contributed by atoms with Gasteiger partial charge >= 0.3 is 0 Å². The lowest BCUT2D eigenvalue weighted by Gasteiger charge is -2.15. The van der Waals surface area contributed by atoms with Gasteiger partial charge in [-0.2, -0.15) is 0 Å². The second kappa shape index (κ2) is 10.7. The summed E-state index contributed by atoms with van der Waals surface area (Å²) in [5.74, 6) is -3.94. The summed E-state index contributed by atoms with van der Waals surface area (Å²) >= 11 is 0. The van der Waals surface area contributed by atoms with Gasteiger partial charge in [-0.25, -0.2) is 28.1 Å². The maximum Gasteiger partial charge on any atom is 0.194 e. The van der Waals surface area contributed by atoms with Crippen molar-refractivity contribution in [2.45, 2.75) is 0 Å². The third kappa shape index (κ3) is 4.59. The van der Waals surface area contributed by atoms with Crippen LogP contribution < -0.4 is 0 Å². The molecule has 0 amide bonds. The van der Waals surface area contributed by atoms with Gasteiger partial charge in [0.05, 0.1) is 33.6 Å². The third-order valence-electron chi connectivity index (χ3n) is 8.07. The Morgan fingerprint density at radius 3 is 1.58 bits per heavy atom. The van der Waals surface area contributed by atoms with E-state index in [0.29, 0.717) is 5.56 Å². The van der Waals surface area contributed by atoms with E-state index in [1.54, 1.807) is 12.1 Å². The van der Waals surface area contributed by atoms with Gasteiger partial charge in [-0.05, 0) is 41.5 Å². The molecule has 6 aromatic carbocycles. The number of hydrogen-bond acceptors (Lipinski definition) is 3. The Balaban J connectivity index is 1.38. The summed E-state index contributed by atoms with van der Waals surface area (Å²) in [4.78, 5) is 15.5. The maximum absolute atomic E-state index is 13.9. The van der Waals surface area contributed by atoms with Crippen LogP contribution in [0.3, 0.4) is 0 Å². The molecule has 2 heterocycles. The minimum absolute atomic E-state index is 0.248. The smallest absolute Gasteiger partial charge is 0.194 e. The molecule has 8 aromatic rings. The summed E-state index contributed by atoms with van der Waals surface area (Å²) in [6.45, 7) is 0. The molecule has 8 rings (SSSR count). The van der Waals surface area contributed by atoms with E-state index in [4.69, 9.17) is 15.0 Å². The Labute approximate surface area is 256 Å². The number of hydrogen-bond donors (Lipinski definition) is 0. The van der Waals surface area contributed by atoms with Crippen molar-refractivity contribution in [1.29, 1.82) is 0 Å². The summed E-state index contributed by atoms with van der Waals surface area (Å²) in [6.07, 6.45) is 0. The first-order valence-corrected chi connectivity index (χ1v) is 14.4. The van der Waals surface area contributed by atoms with Gasteiger partial charge in [0.15, 0.2) is 17.5 Å². The van der Waals surface area contributed by atoms with Crippen LogP contribution in [0.25, 0.3) is 77.6 Å². The molecule has 3 nitrogen and oxygen atoms in total. The number of nitrogens with zero attached hydrogens (tertiary/aromatic N) is 3. The number of fused-ring (bicyclic) bond motifs is 5. The van der Waals surface area contributed by atoms with Crippen molar-refractivity contribution in [3.8, 4) is 44.9 Å². The maximum atomic E-state index is 13.9. The molecule has 0 aliphatic rings. The molecule has 214 valence electrons. The Morgan fingerprint density at radius 1 is 0.378 bits per heavy atom. The van der Waals surface area contributed by atoms with Crippen LogP contribution >= 0.6 is 0 Å². The van der Waals surface area contributed by atoms with Crippen LogP contribution in [0.5, 0.6) is 0 Å². The van der Waals surface area contributed by atoms with Gasteiger partial charge in [0.2, 0.25) is 0 Å². The lowest BCUT2D eigenvalue weighted by Crippen LogP contribution is -1.98. The fourth-order valence-electron chi connectivity index (χ4n) is 5.91. The van der Waals surface area contributed by atoms with Gasteiger partial charge in [0.25, 0.3) is 0 Å². The molecule has 45 heavy (non-hydrogen) atoms. The monoisotopic (exact) mass is 589 g/mol. The lowest BCUT2D eigenvalue weighted by molar-refractivity contribution is 0.448. The largest absolute Gasteiger partial charge is 0.247 e. The van der Waals surface area contributed by atoms with E-state index in [2.05, 4.69) is 0 Å². The van der Waals surface area contributed by atoms with E-state index in [1.165, 1.54) is 0 Å². The van der Waals surface area contributed by atoms with Gasteiger partial charge in [-0.3, -0.25) is 0 Å². The highest BCUT2D eigenvalue weighted by Crippen LogP contribution is 2.39. The molecule has 0 fully saturated rings. The van der Waals surface area contributed by atoms with Gasteiger partial charge in [0, 0.05) is 32.8 Å². The Kier molecular flexibility index (Phi) is 6.34. The topological polar surface area (TPSA) is 38.7 Å². The van der Waals surface area contributed by atoms with Crippen LogP contribution in [-0.2, 0) is 0 Å². The Hall–Kier alpha value is -5.88. The fourth-order valence-corrected chi connectivity index (χ4v) is 5.91. The zero-order valence-electron chi connectivity index (χ0n) is 23.7. The molecule has 0 bridgehead atoms. The Bertz CT molecular complexity index is 2370. The lowest BCUT2D eigenvalue weighted by atomic mass is 9.96. The van der Waals surface area contributed by atoms with Gasteiger partial charge in [-0.1, -0.05) is 103 Å². The molecular weight excluding hydrogens is 567 g/mol. The first kappa shape index (κ1) is 26.7. The molecule has 0 radical (unpaired) electrons. The van der Waals surface area contributed by atoms with E-state index in [0.717, 1.165) is 78.6 Å². The van der Waals surface area contributed by atoms with Crippen LogP contribution in [0.4, 0.5) is 13.2 Å². The second-order valence-corrected chi connectivity index (χ2v) is 10.8. The highest BCUT2D eigenvalue weighted by Gasteiger charge is 2.19. The molecule has 0 saturated heterocycles. The van der Waals surface area contributed by atoms with Crippen molar-refractivity contribution in [1.82, 2.24) is 15.0 Å². The predicted octanol–water partition coefficient (Wildman–Crippen LogP) is 10.4. The van der Waals surface area contributed by atoms with Crippen molar-refractivity contribution in [3.05, 3.63) is 151 Å². The molecule has 0 aliphatic carbocycles. The average molecular weight is 590 g/mol. The normalized spacial score (nSPS) is 11.4. The first-order valence-electron chi connectivity index (χ1n) is 14.4. The zero-order valence-corrected chi connectivity index (χ0v) is 23.7. The van der Waals surface area contributed by atoms with Crippen molar-refractivity contribution < 1.29 is 13.2 Å². The molecule has 0 spiro atoms. The van der Waals surface area contributed by atoms with Crippen LogP contribution in [0.15, 0.2) is 133 Å². The summed E-state index contributed by atoms with van der Waals surface area (Å²) in [5, 5.41) is 2.79. The molecule has 0 N–H and O–H groups in total. The van der Waals surface area contributed by atoms with E-state index in [9.17, 15) is 13.2 Å². The van der Waals surface area contributed by atoms with Gasteiger partial charge in [0.1, 0.15) is 0 Å². The van der Waals surface area contributed by atoms with Crippen LogP contribution in [-0.4, -0.2) is 15.0 Å². The highest BCUT2D eigenvalue weighted by atomic mass is 19.2. The second-order valence-electron chi connectivity index (χ2n) is 10.8. The number of pyridine rings is 1. The number of aromatic nitrogens is 3. The molecule has 2 aromatic heterocycles. The summed E-state index contributed by atoms with van der Waals surface area (Å²) in [7, 11) is 0. The van der Waals surface area contributed by atoms with Crippen molar-refractivity contribution in [3.63, 3.8) is 0 Å². The van der Waals surface area contributed by atoms with Crippen LogP contribution in [0.2, 0.25) is 0 Å². The molecular formula is C39H22F3N3. The Morgan fingerprint density at radius 2 is 0.911 bits per heavy atom. The van der Waals surface area contributed by atoms with E-state index < -0.39 is 17.5 Å². The summed E-state index contributed by atoms with van der Waals surface area (Å²) in [6, 6.07) is 41.3. The molecule has 0 saturated carbocycles. The fraction of sp³-hybridized carbons (Fsp3) is 0. The van der Waals surface area contributed by atoms with Crippen LogP contribution in [0, 0.1) is 17.5 Å². The van der Waals surface area contributed by atoms with E-state index in [-0.39, 0.29) is 5.56 Å². The van der Waals surface area contributed by atoms with Gasteiger partial charge in [-0.15, -0.1) is 0 Å². The molecule has 0 unspecified atom stereocenters. The van der Waals surface area contributed by atoms with Crippen molar-refractivity contribution in [2.24, 2.45) is 0 Å². The number of benzene rings is 6. The minimum Gasteiger partial charge on any atom is -0.247 e. The number of halogens is 3. The van der Waals surface area contributed by atoms with Crippen LogP contribution in [0.1, 0.15) is 0 Å². The average Bonchev–Trinajstić information content (AvgIpc) is 3.10. The van der Waals surface area contributed by atoms with Crippen molar-refractivity contribution in [2.75, 3.05) is 0 Å². The summed E-state index contributed by atoms with van der Waals surface area (Å²) in [5.41, 5.74) is 8.21. The van der Waals surface area contributed by atoms with Gasteiger partial charge < -0.3 is 0 Å². The molecule has 0 atom stereocenters. The standard InChI is InChI=1S/C39H22F3N3/c40-30-21-27(22-31(41)35(30)42)23-15-17-26(18-16-23)36-29-19-20-33-39(34(29)28-13-7-8-14-32(28)43-36)45-38(25-11-5-2-6-12-25)37(44-33)24-9-3-1-4-10-24/h1-22H. The zero-order chi connectivity index (χ0) is 30.5. The molecule has 0 aliphatic heterocycles.